The van der Waals surface area contributed by atoms with E-state index in [4.69, 9.17) is 9.47 Å². The number of benzene rings is 2. The first-order valence-electron chi connectivity index (χ1n) is 8.24. The Morgan fingerprint density at radius 2 is 1.96 bits per heavy atom. The van der Waals surface area contributed by atoms with Gasteiger partial charge in [0.1, 0.15) is 10.0 Å². The number of nitrogens with zero attached hydrogens (tertiary/aromatic N) is 3. The van der Waals surface area contributed by atoms with Crippen LogP contribution in [0.25, 0.3) is 21.6 Å². The summed E-state index contributed by atoms with van der Waals surface area (Å²) < 4.78 is 10.9. The molecular formula is C19H18N4O2S. The molecule has 0 saturated heterocycles. The molecule has 132 valence electrons. The maximum absolute atomic E-state index is 5.50. The number of methoxy groups -OCH3 is 2. The van der Waals surface area contributed by atoms with Gasteiger partial charge in [-0.05, 0) is 36.2 Å². The maximum atomic E-state index is 5.50. The van der Waals surface area contributed by atoms with Crippen LogP contribution in [0.15, 0.2) is 42.7 Å². The molecule has 0 spiro atoms. The molecule has 6 nitrogen and oxygen atoms in total. The molecule has 0 bridgehead atoms. The van der Waals surface area contributed by atoms with Gasteiger partial charge in [-0.25, -0.2) is 4.98 Å². The van der Waals surface area contributed by atoms with Crippen LogP contribution < -0.4 is 9.47 Å². The molecule has 0 aliphatic heterocycles. The number of ether oxygens (including phenoxy) is 2. The van der Waals surface area contributed by atoms with Gasteiger partial charge in [-0.3, -0.25) is 0 Å². The lowest BCUT2D eigenvalue weighted by molar-refractivity contribution is 0.351. The highest BCUT2D eigenvalue weighted by Gasteiger charge is 2.12. The Labute approximate surface area is 154 Å². The molecule has 2 aromatic carbocycles. The number of aryl methyl sites for hydroxylation is 2. The van der Waals surface area contributed by atoms with E-state index in [1.165, 1.54) is 0 Å². The normalized spacial score (nSPS) is 11.0. The number of aromatic amines is 1. The lowest BCUT2D eigenvalue weighted by Gasteiger charge is -2.11. The molecule has 7 heteroatoms. The van der Waals surface area contributed by atoms with E-state index in [-0.39, 0.29) is 0 Å². The van der Waals surface area contributed by atoms with Gasteiger partial charge >= 0.3 is 0 Å². The van der Waals surface area contributed by atoms with Gasteiger partial charge in [0.25, 0.3) is 0 Å². The van der Waals surface area contributed by atoms with Gasteiger partial charge in [-0.15, -0.1) is 10.2 Å². The summed E-state index contributed by atoms with van der Waals surface area (Å²) in [4.78, 5) is 7.39. The SMILES string of the molecule is COc1cccc(CCc2nnc(-c3ccc4[nH]cnc4c3)s2)c1OC. The predicted molar refractivity (Wildman–Crippen MR) is 102 cm³/mol. The first kappa shape index (κ1) is 16.5. The Hall–Kier alpha value is -2.93. The van der Waals surface area contributed by atoms with Crippen LogP contribution in [0.4, 0.5) is 0 Å². The van der Waals surface area contributed by atoms with Crippen molar-refractivity contribution >= 4 is 22.4 Å². The van der Waals surface area contributed by atoms with E-state index in [1.807, 2.05) is 30.3 Å². The van der Waals surface area contributed by atoms with Gasteiger partial charge in [0, 0.05) is 12.0 Å². The van der Waals surface area contributed by atoms with Gasteiger partial charge in [0.2, 0.25) is 0 Å². The first-order chi connectivity index (χ1) is 12.8. The van der Waals surface area contributed by atoms with E-state index in [1.54, 1.807) is 31.9 Å². The number of imidazole rings is 1. The number of hydrogen-bond donors (Lipinski definition) is 1. The lowest BCUT2D eigenvalue weighted by atomic mass is 10.1. The third kappa shape index (κ3) is 3.13. The largest absolute Gasteiger partial charge is 0.493 e. The van der Waals surface area contributed by atoms with E-state index in [0.717, 1.165) is 56.5 Å². The maximum Gasteiger partial charge on any atom is 0.163 e. The molecule has 0 atom stereocenters. The number of hydrogen-bond acceptors (Lipinski definition) is 6. The van der Waals surface area contributed by atoms with Crippen LogP contribution in [0.2, 0.25) is 0 Å². The van der Waals surface area contributed by atoms with Crippen molar-refractivity contribution in [1.82, 2.24) is 20.2 Å². The molecule has 1 N–H and O–H groups in total. The minimum atomic E-state index is 0.746. The van der Waals surface area contributed by atoms with Gasteiger partial charge in [0.05, 0.1) is 31.6 Å². The summed E-state index contributed by atoms with van der Waals surface area (Å²) in [7, 11) is 3.31. The Morgan fingerprint density at radius 1 is 1.04 bits per heavy atom. The Morgan fingerprint density at radius 3 is 2.81 bits per heavy atom. The molecule has 0 aliphatic rings. The number of nitrogens with one attached hydrogen (secondary N) is 1. The van der Waals surface area contributed by atoms with Crippen LogP contribution in [0.5, 0.6) is 11.5 Å². The van der Waals surface area contributed by atoms with Crippen LogP contribution in [0.1, 0.15) is 10.6 Å². The van der Waals surface area contributed by atoms with E-state index in [0.29, 0.717) is 0 Å². The fourth-order valence-corrected chi connectivity index (χ4v) is 3.76. The van der Waals surface area contributed by atoms with Crippen molar-refractivity contribution in [3.8, 4) is 22.1 Å². The van der Waals surface area contributed by atoms with Crippen molar-refractivity contribution in [3.05, 3.63) is 53.3 Å². The molecule has 4 aromatic rings. The van der Waals surface area contributed by atoms with Crippen molar-refractivity contribution in [2.45, 2.75) is 12.8 Å². The minimum Gasteiger partial charge on any atom is -0.493 e. The minimum absolute atomic E-state index is 0.746. The van der Waals surface area contributed by atoms with Crippen molar-refractivity contribution < 1.29 is 9.47 Å². The molecule has 0 aliphatic carbocycles. The molecular weight excluding hydrogens is 348 g/mol. The van der Waals surface area contributed by atoms with Gasteiger partial charge in [-0.1, -0.05) is 23.5 Å². The van der Waals surface area contributed by atoms with E-state index in [2.05, 4.69) is 26.2 Å². The van der Waals surface area contributed by atoms with Crippen molar-refractivity contribution in [2.24, 2.45) is 0 Å². The topological polar surface area (TPSA) is 72.9 Å². The number of para-hydroxylation sites is 1. The van der Waals surface area contributed by atoms with Crippen molar-refractivity contribution in [1.29, 1.82) is 0 Å². The highest BCUT2D eigenvalue weighted by Crippen LogP contribution is 2.32. The quantitative estimate of drug-likeness (QED) is 0.560. The van der Waals surface area contributed by atoms with Gasteiger partial charge in [-0.2, -0.15) is 0 Å². The highest BCUT2D eigenvalue weighted by molar-refractivity contribution is 7.14. The van der Waals surface area contributed by atoms with Gasteiger partial charge in [0.15, 0.2) is 11.5 Å². The number of rotatable bonds is 6. The molecule has 0 saturated carbocycles. The smallest absolute Gasteiger partial charge is 0.163 e. The van der Waals surface area contributed by atoms with E-state index in [9.17, 15) is 0 Å². The second-order valence-electron chi connectivity index (χ2n) is 5.79. The standard InChI is InChI=1S/C19H18N4O2S/c1-24-16-5-3-4-12(18(16)25-2)7-9-17-22-23-19(26-17)13-6-8-14-15(10-13)21-11-20-14/h3-6,8,10-11H,7,9H2,1-2H3,(H,20,21). The third-order valence-electron chi connectivity index (χ3n) is 4.23. The van der Waals surface area contributed by atoms with Crippen LogP contribution in [-0.4, -0.2) is 34.4 Å². The molecule has 0 fully saturated rings. The summed E-state index contributed by atoms with van der Waals surface area (Å²) in [5.41, 5.74) is 4.08. The van der Waals surface area contributed by atoms with Crippen molar-refractivity contribution in [3.63, 3.8) is 0 Å². The summed E-state index contributed by atoms with van der Waals surface area (Å²) >= 11 is 1.61. The summed E-state index contributed by atoms with van der Waals surface area (Å²) in [5.74, 6) is 1.53. The average molecular weight is 366 g/mol. The highest BCUT2D eigenvalue weighted by atomic mass is 32.1. The number of fused-ring (bicyclic) bond motifs is 1. The third-order valence-corrected chi connectivity index (χ3v) is 5.26. The van der Waals surface area contributed by atoms with Crippen molar-refractivity contribution in [2.75, 3.05) is 14.2 Å². The molecule has 2 heterocycles. The molecule has 0 amide bonds. The molecule has 0 unspecified atom stereocenters. The molecule has 0 radical (unpaired) electrons. The van der Waals surface area contributed by atoms with Gasteiger partial charge < -0.3 is 14.5 Å². The summed E-state index contributed by atoms with van der Waals surface area (Å²) in [6.45, 7) is 0. The second kappa shape index (κ2) is 7.13. The fraction of sp³-hybridized carbons (Fsp3) is 0.211. The zero-order valence-corrected chi connectivity index (χ0v) is 15.3. The van der Waals surface area contributed by atoms with E-state index >= 15 is 0 Å². The second-order valence-corrected chi connectivity index (χ2v) is 6.85. The lowest BCUT2D eigenvalue weighted by Crippen LogP contribution is -1.98. The predicted octanol–water partition coefficient (Wildman–Crippen LogP) is 3.88. The number of H-pyrrole nitrogens is 1. The Balaban J connectivity index is 1.52. The summed E-state index contributed by atoms with van der Waals surface area (Å²) in [6.07, 6.45) is 3.31. The molecule has 4 rings (SSSR count). The van der Waals surface area contributed by atoms with Crippen LogP contribution in [0.3, 0.4) is 0 Å². The average Bonchev–Trinajstić information content (AvgIpc) is 3.34. The van der Waals surface area contributed by atoms with E-state index < -0.39 is 0 Å². The fourth-order valence-electron chi connectivity index (χ4n) is 2.93. The summed E-state index contributed by atoms with van der Waals surface area (Å²) in [6, 6.07) is 12.0. The number of aromatic nitrogens is 4. The zero-order valence-electron chi connectivity index (χ0n) is 14.5. The summed E-state index contributed by atoms with van der Waals surface area (Å²) in [5, 5.41) is 10.6. The van der Waals surface area contributed by atoms with Crippen LogP contribution in [-0.2, 0) is 12.8 Å². The van der Waals surface area contributed by atoms with Crippen LogP contribution >= 0.6 is 11.3 Å². The Bertz CT molecular complexity index is 1040. The first-order valence-corrected chi connectivity index (χ1v) is 9.06. The zero-order chi connectivity index (χ0) is 17.9. The molecule has 26 heavy (non-hydrogen) atoms. The van der Waals surface area contributed by atoms with Crippen LogP contribution in [0, 0.1) is 0 Å². The monoisotopic (exact) mass is 366 g/mol. The Kier molecular flexibility index (Phi) is 4.53. The molecule has 2 aromatic heterocycles.